The summed E-state index contributed by atoms with van der Waals surface area (Å²) in [4.78, 5) is 7.03. The second-order valence-corrected chi connectivity index (χ2v) is 5.56. The number of anilines is 1. The van der Waals surface area contributed by atoms with Gasteiger partial charge < -0.3 is 15.0 Å². The third-order valence-corrected chi connectivity index (χ3v) is 4.00. The van der Waals surface area contributed by atoms with Crippen molar-refractivity contribution in [3.05, 3.63) is 11.1 Å². The van der Waals surface area contributed by atoms with Crippen LogP contribution in [-0.4, -0.2) is 37.3 Å². The Bertz CT molecular complexity index is 358. The first-order valence-corrected chi connectivity index (χ1v) is 7.01. The SMILES string of the molecule is CNC(C)c1csc(N2C[C@@H](C)O[C@@H](C)C2)n1. The summed E-state index contributed by atoms with van der Waals surface area (Å²) in [5, 5.41) is 6.47. The van der Waals surface area contributed by atoms with E-state index in [0.29, 0.717) is 6.04 Å². The number of thiazole rings is 1. The largest absolute Gasteiger partial charge is 0.372 e. The molecule has 17 heavy (non-hydrogen) atoms. The van der Waals surface area contributed by atoms with Crippen LogP contribution in [0.25, 0.3) is 0 Å². The molecule has 1 aromatic rings. The van der Waals surface area contributed by atoms with Crippen molar-refractivity contribution in [2.24, 2.45) is 0 Å². The quantitative estimate of drug-likeness (QED) is 0.897. The van der Waals surface area contributed by atoms with Crippen LogP contribution in [0.4, 0.5) is 5.13 Å². The third kappa shape index (κ3) is 2.97. The summed E-state index contributed by atoms with van der Waals surface area (Å²) in [6.07, 6.45) is 0.570. The van der Waals surface area contributed by atoms with Crippen molar-refractivity contribution in [1.82, 2.24) is 10.3 Å². The highest BCUT2D eigenvalue weighted by Crippen LogP contribution is 2.26. The summed E-state index contributed by atoms with van der Waals surface area (Å²) >= 11 is 1.72. The van der Waals surface area contributed by atoms with E-state index < -0.39 is 0 Å². The predicted octanol–water partition coefficient (Wildman–Crippen LogP) is 2.04. The molecule has 0 aromatic carbocycles. The molecule has 0 radical (unpaired) electrons. The minimum Gasteiger partial charge on any atom is -0.372 e. The van der Waals surface area contributed by atoms with Crippen LogP contribution >= 0.6 is 11.3 Å². The minimum atomic E-state index is 0.285. The molecular formula is C12H21N3OS. The minimum absolute atomic E-state index is 0.285. The molecule has 0 bridgehead atoms. The molecule has 1 aromatic heterocycles. The second-order valence-electron chi connectivity index (χ2n) is 4.73. The van der Waals surface area contributed by atoms with Crippen LogP contribution in [0.3, 0.4) is 0 Å². The molecule has 0 amide bonds. The van der Waals surface area contributed by atoms with Crippen LogP contribution in [0, 0.1) is 0 Å². The lowest BCUT2D eigenvalue weighted by Gasteiger charge is -2.35. The average molecular weight is 255 g/mol. The first-order chi connectivity index (χ1) is 8.10. The fourth-order valence-corrected chi connectivity index (χ4v) is 3.04. The number of nitrogens with one attached hydrogen (secondary N) is 1. The summed E-state index contributed by atoms with van der Waals surface area (Å²) in [6, 6.07) is 0.316. The molecule has 5 heteroatoms. The molecule has 1 unspecified atom stereocenters. The maximum atomic E-state index is 5.74. The van der Waals surface area contributed by atoms with E-state index in [1.165, 1.54) is 0 Å². The van der Waals surface area contributed by atoms with Gasteiger partial charge in [0.15, 0.2) is 5.13 Å². The normalized spacial score (nSPS) is 27.2. The Kier molecular flexibility index (Phi) is 4.01. The van der Waals surface area contributed by atoms with E-state index in [4.69, 9.17) is 9.72 Å². The molecule has 1 fully saturated rings. The van der Waals surface area contributed by atoms with Gasteiger partial charge in [-0.25, -0.2) is 4.98 Å². The zero-order valence-corrected chi connectivity index (χ0v) is 11.8. The molecule has 1 aliphatic heterocycles. The Morgan fingerprint density at radius 3 is 2.71 bits per heavy atom. The topological polar surface area (TPSA) is 37.4 Å². The molecule has 0 spiro atoms. The summed E-state index contributed by atoms with van der Waals surface area (Å²) in [5.74, 6) is 0. The first kappa shape index (κ1) is 12.8. The van der Waals surface area contributed by atoms with E-state index in [9.17, 15) is 0 Å². The Morgan fingerprint density at radius 2 is 2.12 bits per heavy atom. The number of morpholine rings is 1. The van der Waals surface area contributed by atoms with Gasteiger partial charge in [0.05, 0.1) is 17.9 Å². The van der Waals surface area contributed by atoms with E-state index >= 15 is 0 Å². The van der Waals surface area contributed by atoms with Gasteiger partial charge in [-0.2, -0.15) is 0 Å². The number of aromatic nitrogens is 1. The highest BCUT2D eigenvalue weighted by Gasteiger charge is 2.24. The van der Waals surface area contributed by atoms with Crippen molar-refractivity contribution in [3.63, 3.8) is 0 Å². The Hall–Kier alpha value is -0.650. The highest BCUT2D eigenvalue weighted by atomic mass is 32.1. The number of rotatable bonds is 3. The van der Waals surface area contributed by atoms with E-state index in [-0.39, 0.29) is 12.2 Å². The van der Waals surface area contributed by atoms with E-state index in [1.54, 1.807) is 11.3 Å². The monoisotopic (exact) mass is 255 g/mol. The molecule has 2 rings (SSSR count). The van der Waals surface area contributed by atoms with Crippen LogP contribution < -0.4 is 10.2 Å². The van der Waals surface area contributed by atoms with Gasteiger partial charge in [-0.1, -0.05) is 0 Å². The summed E-state index contributed by atoms with van der Waals surface area (Å²) in [6.45, 7) is 8.24. The lowest BCUT2D eigenvalue weighted by atomic mass is 10.2. The maximum absolute atomic E-state index is 5.74. The maximum Gasteiger partial charge on any atom is 0.185 e. The summed E-state index contributed by atoms with van der Waals surface area (Å²) in [7, 11) is 1.96. The predicted molar refractivity (Wildman–Crippen MR) is 71.8 cm³/mol. The van der Waals surface area contributed by atoms with Crippen molar-refractivity contribution in [1.29, 1.82) is 0 Å². The van der Waals surface area contributed by atoms with Gasteiger partial charge in [0.25, 0.3) is 0 Å². The van der Waals surface area contributed by atoms with Gasteiger partial charge in [-0.3, -0.25) is 0 Å². The molecule has 1 saturated heterocycles. The molecule has 2 heterocycles. The molecule has 96 valence electrons. The van der Waals surface area contributed by atoms with Gasteiger partial charge in [-0.05, 0) is 27.8 Å². The Labute approximate surface area is 107 Å². The van der Waals surface area contributed by atoms with Crippen molar-refractivity contribution >= 4 is 16.5 Å². The van der Waals surface area contributed by atoms with Crippen LogP contribution in [0.5, 0.6) is 0 Å². The standard InChI is InChI=1S/C12H21N3OS/c1-8-5-15(6-9(2)16-8)12-14-11(7-17-12)10(3)13-4/h7-10,13H,5-6H2,1-4H3/t8-,9+,10?. The molecule has 4 nitrogen and oxygen atoms in total. The van der Waals surface area contributed by atoms with Gasteiger partial charge in [0.2, 0.25) is 0 Å². The molecule has 0 aliphatic carbocycles. The van der Waals surface area contributed by atoms with Crippen molar-refractivity contribution < 1.29 is 4.74 Å². The zero-order chi connectivity index (χ0) is 12.4. The molecule has 1 N–H and O–H groups in total. The van der Waals surface area contributed by atoms with Gasteiger partial charge >= 0.3 is 0 Å². The van der Waals surface area contributed by atoms with Crippen LogP contribution in [0.1, 0.15) is 32.5 Å². The number of nitrogens with zero attached hydrogens (tertiary/aromatic N) is 2. The Morgan fingerprint density at radius 1 is 1.47 bits per heavy atom. The number of ether oxygens (including phenoxy) is 1. The number of hydrogen-bond donors (Lipinski definition) is 1. The van der Waals surface area contributed by atoms with Crippen LogP contribution in [-0.2, 0) is 4.74 Å². The van der Waals surface area contributed by atoms with E-state index in [2.05, 4.69) is 36.4 Å². The summed E-state index contributed by atoms with van der Waals surface area (Å²) in [5.41, 5.74) is 1.12. The van der Waals surface area contributed by atoms with Gasteiger partial charge in [0.1, 0.15) is 0 Å². The number of hydrogen-bond acceptors (Lipinski definition) is 5. The van der Waals surface area contributed by atoms with Crippen LogP contribution in [0.2, 0.25) is 0 Å². The zero-order valence-electron chi connectivity index (χ0n) is 10.9. The molecule has 1 aliphatic rings. The Balaban J connectivity index is 2.09. The average Bonchev–Trinajstić information content (AvgIpc) is 2.76. The fourth-order valence-electron chi connectivity index (χ4n) is 2.10. The fraction of sp³-hybridized carbons (Fsp3) is 0.750. The van der Waals surface area contributed by atoms with Crippen molar-refractivity contribution in [2.75, 3.05) is 25.0 Å². The van der Waals surface area contributed by atoms with Crippen molar-refractivity contribution in [3.8, 4) is 0 Å². The highest BCUT2D eigenvalue weighted by molar-refractivity contribution is 7.13. The van der Waals surface area contributed by atoms with Crippen LogP contribution in [0.15, 0.2) is 5.38 Å². The van der Waals surface area contributed by atoms with Crippen molar-refractivity contribution in [2.45, 2.75) is 39.0 Å². The molecule has 3 atom stereocenters. The third-order valence-electron chi connectivity index (χ3n) is 3.08. The lowest BCUT2D eigenvalue weighted by Crippen LogP contribution is -2.45. The van der Waals surface area contributed by atoms with Gasteiger partial charge in [-0.15, -0.1) is 11.3 Å². The van der Waals surface area contributed by atoms with Gasteiger partial charge in [0, 0.05) is 24.5 Å². The lowest BCUT2D eigenvalue weighted by molar-refractivity contribution is -0.00523. The van der Waals surface area contributed by atoms with E-state index in [0.717, 1.165) is 23.9 Å². The van der Waals surface area contributed by atoms with E-state index in [1.807, 2.05) is 7.05 Å². The molecular weight excluding hydrogens is 234 g/mol. The molecule has 0 saturated carbocycles. The first-order valence-electron chi connectivity index (χ1n) is 6.13. The second kappa shape index (κ2) is 5.33. The summed E-state index contributed by atoms with van der Waals surface area (Å²) < 4.78 is 5.74. The smallest absolute Gasteiger partial charge is 0.185 e.